The number of rotatable bonds is 7. The molecule has 0 bridgehead atoms. The number of aliphatic hydroxyl groups excluding tert-OH is 2. The lowest BCUT2D eigenvalue weighted by Crippen LogP contribution is -3.17. The van der Waals surface area contributed by atoms with Crippen molar-refractivity contribution in [2.75, 3.05) is 26.3 Å². The maximum Gasteiger partial charge on any atom is 0.137 e. The van der Waals surface area contributed by atoms with Gasteiger partial charge in [-0.2, -0.15) is 0 Å². The van der Waals surface area contributed by atoms with Crippen LogP contribution in [-0.4, -0.2) is 48.7 Å². The standard InChI is InChI=1S/C17H27NO3/c1-14-5-4-7-17(11-14)21-13-16(20)12-18-9-3-2-6-15(18)8-10-19/h4-5,7,11,15-16,19-20H,2-3,6,8-10,12-13H2,1H3/p+1/t15-,16-/m1/s1. The fraction of sp³-hybridized carbons (Fsp3) is 0.647. The van der Waals surface area contributed by atoms with E-state index in [-0.39, 0.29) is 6.61 Å². The second-order valence-corrected chi connectivity index (χ2v) is 6.10. The summed E-state index contributed by atoms with van der Waals surface area (Å²) >= 11 is 0. The number of hydrogen-bond acceptors (Lipinski definition) is 3. The van der Waals surface area contributed by atoms with E-state index in [0.29, 0.717) is 19.2 Å². The van der Waals surface area contributed by atoms with Gasteiger partial charge in [-0.25, -0.2) is 0 Å². The molecule has 1 fully saturated rings. The first-order chi connectivity index (χ1) is 10.2. The predicted octanol–water partition coefficient (Wildman–Crippen LogP) is 0.555. The molecule has 0 saturated carbocycles. The highest BCUT2D eigenvalue weighted by atomic mass is 16.5. The molecule has 2 rings (SSSR count). The van der Waals surface area contributed by atoms with Crippen molar-refractivity contribution in [1.29, 1.82) is 0 Å². The van der Waals surface area contributed by atoms with Crippen LogP contribution in [0, 0.1) is 6.92 Å². The van der Waals surface area contributed by atoms with Crippen LogP contribution < -0.4 is 9.64 Å². The maximum atomic E-state index is 10.2. The van der Waals surface area contributed by atoms with E-state index in [1.54, 1.807) is 0 Å². The van der Waals surface area contributed by atoms with Crippen molar-refractivity contribution in [1.82, 2.24) is 0 Å². The van der Waals surface area contributed by atoms with E-state index in [1.165, 1.54) is 17.7 Å². The molecule has 1 aromatic rings. The number of nitrogens with one attached hydrogen (secondary N) is 1. The summed E-state index contributed by atoms with van der Waals surface area (Å²) < 4.78 is 5.67. The molecule has 118 valence electrons. The smallest absolute Gasteiger partial charge is 0.137 e. The van der Waals surface area contributed by atoms with Crippen LogP contribution in [0.5, 0.6) is 5.75 Å². The Hall–Kier alpha value is -1.10. The lowest BCUT2D eigenvalue weighted by molar-refractivity contribution is -0.933. The molecular formula is C17H28NO3+. The average Bonchev–Trinajstić information content (AvgIpc) is 2.48. The molecule has 0 radical (unpaired) electrons. The van der Waals surface area contributed by atoms with Crippen LogP contribution in [0.2, 0.25) is 0 Å². The molecule has 1 aliphatic heterocycles. The predicted molar refractivity (Wildman–Crippen MR) is 82.7 cm³/mol. The van der Waals surface area contributed by atoms with Crippen molar-refractivity contribution in [3.05, 3.63) is 29.8 Å². The van der Waals surface area contributed by atoms with E-state index in [4.69, 9.17) is 9.84 Å². The molecule has 0 spiro atoms. The van der Waals surface area contributed by atoms with Crippen LogP contribution in [-0.2, 0) is 0 Å². The Labute approximate surface area is 127 Å². The third-order valence-corrected chi connectivity index (χ3v) is 4.29. The molecule has 3 atom stereocenters. The maximum absolute atomic E-state index is 10.2. The number of aryl methyl sites for hydroxylation is 1. The fourth-order valence-electron chi connectivity index (χ4n) is 3.18. The number of benzene rings is 1. The number of likely N-dealkylation sites (tertiary alicyclic amines) is 1. The molecule has 1 aromatic carbocycles. The Morgan fingerprint density at radius 1 is 1.38 bits per heavy atom. The molecule has 0 amide bonds. The lowest BCUT2D eigenvalue weighted by atomic mass is 9.99. The fourth-order valence-corrected chi connectivity index (χ4v) is 3.18. The second kappa shape index (κ2) is 8.37. The van der Waals surface area contributed by atoms with Gasteiger partial charge in [0.05, 0.1) is 12.6 Å². The minimum absolute atomic E-state index is 0.240. The van der Waals surface area contributed by atoms with Crippen molar-refractivity contribution < 1.29 is 19.8 Å². The highest BCUT2D eigenvalue weighted by Gasteiger charge is 2.27. The van der Waals surface area contributed by atoms with Crippen LogP contribution in [0.15, 0.2) is 24.3 Å². The van der Waals surface area contributed by atoms with E-state index in [0.717, 1.165) is 30.7 Å². The van der Waals surface area contributed by atoms with Crippen LogP contribution in [0.1, 0.15) is 31.2 Å². The van der Waals surface area contributed by atoms with Gasteiger partial charge in [0.25, 0.3) is 0 Å². The average molecular weight is 294 g/mol. The number of hydrogen-bond donors (Lipinski definition) is 3. The highest BCUT2D eigenvalue weighted by Crippen LogP contribution is 2.12. The van der Waals surface area contributed by atoms with Gasteiger partial charge < -0.3 is 19.8 Å². The van der Waals surface area contributed by atoms with E-state index in [9.17, 15) is 5.11 Å². The number of ether oxygens (including phenoxy) is 1. The van der Waals surface area contributed by atoms with E-state index in [1.807, 2.05) is 31.2 Å². The Bertz CT molecular complexity index is 422. The number of quaternary nitrogens is 1. The molecule has 1 unspecified atom stereocenters. The summed E-state index contributed by atoms with van der Waals surface area (Å²) in [6.07, 6.45) is 3.98. The molecular weight excluding hydrogens is 266 g/mol. The number of aliphatic hydroxyl groups is 2. The van der Waals surface area contributed by atoms with Gasteiger partial charge in [0.2, 0.25) is 0 Å². The van der Waals surface area contributed by atoms with E-state index < -0.39 is 6.10 Å². The minimum atomic E-state index is -0.459. The Kier molecular flexibility index (Phi) is 6.49. The summed E-state index contributed by atoms with van der Waals surface area (Å²) in [5.74, 6) is 0.814. The van der Waals surface area contributed by atoms with E-state index in [2.05, 4.69) is 0 Å². The summed E-state index contributed by atoms with van der Waals surface area (Å²) in [5.41, 5.74) is 1.16. The summed E-state index contributed by atoms with van der Waals surface area (Å²) in [5, 5.41) is 19.4. The van der Waals surface area contributed by atoms with Crippen LogP contribution in [0.3, 0.4) is 0 Å². The first kappa shape index (κ1) is 16.3. The van der Waals surface area contributed by atoms with Gasteiger partial charge in [-0.15, -0.1) is 0 Å². The zero-order valence-electron chi connectivity index (χ0n) is 12.9. The van der Waals surface area contributed by atoms with Crippen molar-refractivity contribution in [3.63, 3.8) is 0 Å². The molecule has 1 aliphatic rings. The van der Waals surface area contributed by atoms with Gasteiger partial charge >= 0.3 is 0 Å². The third-order valence-electron chi connectivity index (χ3n) is 4.29. The van der Waals surface area contributed by atoms with Crippen molar-refractivity contribution in [2.24, 2.45) is 0 Å². The lowest BCUT2D eigenvalue weighted by Gasteiger charge is -2.33. The second-order valence-electron chi connectivity index (χ2n) is 6.10. The summed E-state index contributed by atoms with van der Waals surface area (Å²) in [4.78, 5) is 1.41. The molecule has 4 nitrogen and oxygen atoms in total. The van der Waals surface area contributed by atoms with Gasteiger partial charge in [0.15, 0.2) is 0 Å². The topological polar surface area (TPSA) is 54.1 Å². The molecule has 3 N–H and O–H groups in total. The Morgan fingerprint density at radius 3 is 3.00 bits per heavy atom. The monoisotopic (exact) mass is 294 g/mol. The van der Waals surface area contributed by atoms with Crippen LogP contribution >= 0.6 is 0 Å². The van der Waals surface area contributed by atoms with Crippen LogP contribution in [0.25, 0.3) is 0 Å². The zero-order valence-corrected chi connectivity index (χ0v) is 12.9. The zero-order chi connectivity index (χ0) is 15.1. The van der Waals surface area contributed by atoms with Crippen molar-refractivity contribution >= 4 is 0 Å². The Balaban J connectivity index is 1.78. The highest BCUT2D eigenvalue weighted by molar-refractivity contribution is 5.27. The van der Waals surface area contributed by atoms with Gasteiger partial charge in [0, 0.05) is 13.0 Å². The SMILES string of the molecule is Cc1cccc(OC[C@H](O)C[NH+]2CCCC[C@@H]2CCO)c1. The molecule has 1 heterocycles. The normalized spacial score (nSPS) is 23.8. The van der Waals surface area contributed by atoms with Crippen LogP contribution in [0.4, 0.5) is 0 Å². The minimum Gasteiger partial charge on any atom is -0.491 e. The summed E-state index contributed by atoms with van der Waals surface area (Å²) in [6, 6.07) is 8.37. The van der Waals surface area contributed by atoms with Gasteiger partial charge in [-0.3, -0.25) is 0 Å². The first-order valence-corrected chi connectivity index (χ1v) is 8.02. The molecule has 4 heteroatoms. The number of piperidine rings is 1. The summed E-state index contributed by atoms with van der Waals surface area (Å²) in [6.45, 7) is 4.40. The summed E-state index contributed by atoms with van der Waals surface area (Å²) in [7, 11) is 0. The van der Waals surface area contributed by atoms with Gasteiger partial charge in [0.1, 0.15) is 25.0 Å². The first-order valence-electron chi connectivity index (χ1n) is 8.02. The van der Waals surface area contributed by atoms with E-state index >= 15 is 0 Å². The Morgan fingerprint density at radius 2 is 2.24 bits per heavy atom. The van der Waals surface area contributed by atoms with Gasteiger partial charge in [-0.1, -0.05) is 12.1 Å². The molecule has 1 saturated heterocycles. The third kappa shape index (κ3) is 5.30. The molecule has 0 aliphatic carbocycles. The quantitative estimate of drug-likeness (QED) is 0.688. The molecule has 0 aromatic heterocycles. The molecule has 21 heavy (non-hydrogen) atoms. The van der Waals surface area contributed by atoms with Gasteiger partial charge in [-0.05, 0) is 43.9 Å². The van der Waals surface area contributed by atoms with Crippen molar-refractivity contribution in [3.8, 4) is 5.75 Å². The largest absolute Gasteiger partial charge is 0.491 e. The van der Waals surface area contributed by atoms with Crippen molar-refractivity contribution in [2.45, 2.75) is 44.8 Å².